The molecule has 1 aromatic carbocycles. The number of rotatable bonds is 2. The molecule has 0 bridgehead atoms. The Morgan fingerprint density at radius 2 is 1.85 bits per heavy atom. The molecule has 9 heteroatoms. The molecule has 138 valence electrons. The van der Waals surface area contributed by atoms with Crippen LogP contribution in [0.5, 0.6) is 0 Å². The third-order valence-electron chi connectivity index (χ3n) is 5.22. The van der Waals surface area contributed by atoms with Gasteiger partial charge in [0.1, 0.15) is 25.4 Å². The maximum atomic E-state index is 12.5. The van der Waals surface area contributed by atoms with E-state index in [-0.39, 0.29) is 29.1 Å². The fourth-order valence-electron chi connectivity index (χ4n) is 3.87. The summed E-state index contributed by atoms with van der Waals surface area (Å²) in [6.45, 7) is 1.71. The van der Waals surface area contributed by atoms with Gasteiger partial charge in [-0.2, -0.15) is 0 Å². The number of aromatic nitrogens is 1. The van der Waals surface area contributed by atoms with E-state index in [1.54, 1.807) is 12.1 Å². The van der Waals surface area contributed by atoms with Crippen LogP contribution in [0.4, 0.5) is 5.82 Å². The zero-order valence-electron chi connectivity index (χ0n) is 14.2. The molecule has 27 heavy (non-hydrogen) atoms. The number of imide groups is 1. The normalized spacial score (nSPS) is 24.1. The van der Waals surface area contributed by atoms with Crippen molar-refractivity contribution in [2.24, 2.45) is 0 Å². The van der Waals surface area contributed by atoms with Gasteiger partial charge in [0.15, 0.2) is 0 Å². The van der Waals surface area contributed by atoms with Crippen molar-refractivity contribution in [3.63, 3.8) is 0 Å². The van der Waals surface area contributed by atoms with Gasteiger partial charge in [-0.3, -0.25) is 24.3 Å². The second-order valence-corrected chi connectivity index (χ2v) is 6.74. The minimum Gasteiger partial charge on any atom is -0.384 e. The average molecular weight is 368 g/mol. The molecule has 4 heterocycles. The molecule has 0 radical (unpaired) electrons. The number of hydrogen-bond acceptors (Lipinski definition) is 7. The van der Waals surface area contributed by atoms with Crippen LogP contribution in [-0.2, 0) is 9.47 Å². The SMILES string of the molecule is Nc1c2c(cc(=O)n1-c1ccc(C3OCN4COCC34)cc1)C(=O)NC2=O. The number of fused-ring (bicyclic) bond motifs is 2. The molecule has 2 unspecified atom stereocenters. The van der Waals surface area contributed by atoms with Gasteiger partial charge in [0.05, 0.1) is 29.5 Å². The van der Waals surface area contributed by atoms with E-state index in [1.165, 1.54) is 4.57 Å². The summed E-state index contributed by atoms with van der Waals surface area (Å²) in [5.41, 5.74) is 7.09. The number of amides is 2. The molecular formula is C18H16N4O5. The molecule has 5 rings (SSSR count). The summed E-state index contributed by atoms with van der Waals surface area (Å²) < 4.78 is 12.5. The highest BCUT2D eigenvalue weighted by atomic mass is 16.6. The van der Waals surface area contributed by atoms with Crippen molar-refractivity contribution < 1.29 is 19.1 Å². The Labute approximate surface area is 153 Å². The van der Waals surface area contributed by atoms with Crippen molar-refractivity contribution in [1.29, 1.82) is 0 Å². The number of carbonyl (C=O) groups is 2. The number of carbonyl (C=O) groups excluding carboxylic acids is 2. The van der Waals surface area contributed by atoms with Crippen LogP contribution in [0.3, 0.4) is 0 Å². The quantitative estimate of drug-likeness (QED) is 0.716. The fraction of sp³-hybridized carbons (Fsp3) is 0.278. The van der Waals surface area contributed by atoms with Gasteiger partial charge in [-0.15, -0.1) is 0 Å². The van der Waals surface area contributed by atoms with Gasteiger partial charge in [0, 0.05) is 6.07 Å². The standard InChI is InChI=1S/C18H16N4O5/c19-16-14-11(17(24)20-18(14)25)5-13(23)22(16)10-3-1-9(2-4-10)15-12-6-26-7-21(12)8-27-15/h1-5,12,15H,6-8,19H2,(H,20,24,25). The first kappa shape index (κ1) is 16.2. The minimum atomic E-state index is -0.608. The zero-order valence-corrected chi connectivity index (χ0v) is 14.2. The number of hydrogen-bond donors (Lipinski definition) is 2. The van der Waals surface area contributed by atoms with Crippen molar-refractivity contribution in [3.8, 4) is 5.69 Å². The molecule has 2 saturated heterocycles. The summed E-state index contributed by atoms with van der Waals surface area (Å²) in [5.74, 6) is -1.26. The van der Waals surface area contributed by atoms with E-state index >= 15 is 0 Å². The number of nitrogens with two attached hydrogens (primary N) is 1. The fourth-order valence-corrected chi connectivity index (χ4v) is 3.87. The molecular weight excluding hydrogens is 352 g/mol. The number of ether oxygens (including phenoxy) is 2. The van der Waals surface area contributed by atoms with Crippen molar-refractivity contribution in [3.05, 3.63) is 57.4 Å². The van der Waals surface area contributed by atoms with E-state index in [4.69, 9.17) is 15.2 Å². The van der Waals surface area contributed by atoms with Gasteiger partial charge in [0.2, 0.25) is 0 Å². The number of nitrogen functional groups attached to an aromatic ring is 1. The smallest absolute Gasteiger partial charge is 0.262 e. The summed E-state index contributed by atoms with van der Waals surface area (Å²) in [4.78, 5) is 38.3. The first-order valence-electron chi connectivity index (χ1n) is 8.49. The van der Waals surface area contributed by atoms with Crippen LogP contribution in [0, 0.1) is 0 Å². The van der Waals surface area contributed by atoms with Gasteiger partial charge >= 0.3 is 0 Å². The maximum absolute atomic E-state index is 12.5. The van der Waals surface area contributed by atoms with Crippen LogP contribution >= 0.6 is 0 Å². The lowest BCUT2D eigenvalue weighted by molar-refractivity contribution is 0.0370. The number of pyridine rings is 1. The Morgan fingerprint density at radius 1 is 1.07 bits per heavy atom. The van der Waals surface area contributed by atoms with Crippen molar-refractivity contribution in [2.75, 3.05) is 25.8 Å². The highest BCUT2D eigenvalue weighted by Crippen LogP contribution is 2.34. The monoisotopic (exact) mass is 368 g/mol. The van der Waals surface area contributed by atoms with Gasteiger partial charge in [-0.05, 0) is 17.7 Å². The Hall–Kier alpha value is -3.01. The van der Waals surface area contributed by atoms with E-state index in [9.17, 15) is 14.4 Å². The largest absolute Gasteiger partial charge is 0.384 e. The van der Waals surface area contributed by atoms with Crippen LogP contribution in [0.15, 0.2) is 35.1 Å². The predicted molar refractivity (Wildman–Crippen MR) is 93.4 cm³/mol. The van der Waals surface area contributed by atoms with Crippen LogP contribution in [-0.4, -0.2) is 47.4 Å². The maximum Gasteiger partial charge on any atom is 0.262 e. The summed E-state index contributed by atoms with van der Waals surface area (Å²) in [7, 11) is 0. The summed E-state index contributed by atoms with van der Waals surface area (Å²) >= 11 is 0. The molecule has 1 aromatic heterocycles. The second kappa shape index (κ2) is 5.74. The van der Waals surface area contributed by atoms with E-state index in [0.717, 1.165) is 11.6 Å². The van der Waals surface area contributed by atoms with Crippen LogP contribution in [0.2, 0.25) is 0 Å². The molecule has 3 N–H and O–H groups in total. The lowest BCUT2D eigenvalue weighted by Gasteiger charge is -2.17. The molecule has 2 aromatic rings. The molecule has 3 aliphatic rings. The van der Waals surface area contributed by atoms with Gasteiger partial charge in [-0.25, -0.2) is 4.90 Å². The van der Waals surface area contributed by atoms with E-state index < -0.39 is 17.4 Å². The molecule has 3 aliphatic heterocycles. The predicted octanol–water partition coefficient (Wildman–Crippen LogP) is -0.00960. The van der Waals surface area contributed by atoms with Gasteiger partial charge in [0.25, 0.3) is 17.4 Å². The Balaban J connectivity index is 1.53. The summed E-state index contributed by atoms with van der Waals surface area (Å²) in [5, 5.41) is 2.15. The van der Waals surface area contributed by atoms with E-state index in [0.29, 0.717) is 25.8 Å². The van der Waals surface area contributed by atoms with Crippen molar-refractivity contribution in [1.82, 2.24) is 14.8 Å². The molecule has 2 amide bonds. The second-order valence-electron chi connectivity index (χ2n) is 6.74. The van der Waals surface area contributed by atoms with Crippen LogP contribution in [0.1, 0.15) is 32.4 Å². The number of nitrogens with zero attached hydrogens (tertiary/aromatic N) is 2. The number of benzene rings is 1. The molecule has 9 nitrogen and oxygen atoms in total. The Kier molecular flexibility index (Phi) is 3.44. The molecule has 0 spiro atoms. The van der Waals surface area contributed by atoms with Gasteiger partial charge in [-0.1, -0.05) is 12.1 Å². The van der Waals surface area contributed by atoms with E-state index in [1.807, 2.05) is 12.1 Å². The average Bonchev–Trinajstić information content (AvgIpc) is 3.31. The molecule has 0 saturated carbocycles. The van der Waals surface area contributed by atoms with Crippen molar-refractivity contribution in [2.45, 2.75) is 12.1 Å². The topological polar surface area (TPSA) is 116 Å². The summed E-state index contributed by atoms with van der Waals surface area (Å²) in [6, 6.07) is 8.54. The first-order valence-corrected chi connectivity index (χ1v) is 8.49. The van der Waals surface area contributed by atoms with E-state index in [2.05, 4.69) is 10.2 Å². The molecule has 0 aliphatic carbocycles. The molecule has 2 atom stereocenters. The minimum absolute atomic E-state index is 0.0102. The molecule has 2 fully saturated rings. The summed E-state index contributed by atoms with van der Waals surface area (Å²) in [6.07, 6.45) is -0.0981. The third kappa shape index (κ3) is 2.33. The lowest BCUT2D eigenvalue weighted by Crippen LogP contribution is -2.27. The van der Waals surface area contributed by atoms with Crippen LogP contribution < -0.4 is 16.6 Å². The van der Waals surface area contributed by atoms with Crippen molar-refractivity contribution >= 4 is 17.6 Å². The van der Waals surface area contributed by atoms with Gasteiger partial charge < -0.3 is 15.2 Å². The third-order valence-corrected chi connectivity index (χ3v) is 5.22. The highest BCUT2D eigenvalue weighted by molar-refractivity contribution is 6.23. The number of nitrogens with one attached hydrogen (secondary N) is 1. The Morgan fingerprint density at radius 3 is 2.63 bits per heavy atom. The number of anilines is 1. The lowest BCUT2D eigenvalue weighted by atomic mass is 10.0. The van der Waals surface area contributed by atoms with Crippen LogP contribution in [0.25, 0.3) is 5.69 Å². The zero-order chi connectivity index (χ0) is 18.7. The Bertz CT molecular complexity index is 1030. The first-order chi connectivity index (χ1) is 13.0. The highest BCUT2D eigenvalue weighted by Gasteiger charge is 2.40.